The number of hydrogen-bond donors (Lipinski definition) is 1. The van der Waals surface area contributed by atoms with Gasteiger partial charge in [0.15, 0.2) is 0 Å². The second-order valence-electron chi connectivity index (χ2n) is 5.12. The number of hydrogen-bond acceptors (Lipinski definition) is 2. The molecule has 1 nitrogen and oxygen atoms in total. The van der Waals surface area contributed by atoms with E-state index >= 15 is 0 Å². The van der Waals surface area contributed by atoms with Crippen LogP contribution in [0, 0.1) is 11.3 Å². The van der Waals surface area contributed by atoms with E-state index in [1.807, 2.05) is 0 Å². The fourth-order valence-electron chi connectivity index (χ4n) is 2.64. The van der Waals surface area contributed by atoms with Crippen LogP contribution in [-0.4, -0.2) is 17.2 Å². The summed E-state index contributed by atoms with van der Waals surface area (Å²) in [6.45, 7) is 8.38. The van der Waals surface area contributed by atoms with E-state index in [1.54, 1.807) is 0 Å². The molecule has 2 fully saturated rings. The summed E-state index contributed by atoms with van der Waals surface area (Å²) in [5.74, 6) is 2.27. The Balaban J connectivity index is 2.07. The maximum absolute atomic E-state index is 3.76. The number of rotatable bonds is 2. The lowest BCUT2D eigenvalue weighted by atomic mass is 10.0. The number of thioether (sulfide) groups is 1. The van der Waals surface area contributed by atoms with Gasteiger partial charge in [-0.1, -0.05) is 20.8 Å². The molecule has 1 saturated heterocycles. The first-order valence-electron chi connectivity index (χ1n) is 5.50. The third-order valence-electron chi connectivity index (χ3n) is 3.71. The van der Waals surface area contributed by atoms with E-state index in [2.05, 4.69) is 37.8 Å². The van der Waals surface area contributed by atoms with Crippen molar-refractivity contribution in [2.75, 3.05) is 12.3 Å². The van der Waals surface area contributed by atoms with Crippen LogP contribution in [0.5, 0.6) is 0 Å². The molecule has 2 atom stereocenters. The first-order chi connectivity index (χ1) is 6.11. The molecule has 1 aliphatic heterocycles. The molecule has 0 aromatic carbocycles. The molecule has 0 spiro atoms. The summed E-state index contributed by atoms with van der Waals surface area (Å²) < 4.78 is 0. The van der Waals surface area contributed by atoms with Crippen LogP contribution in [0.15, 0.2) is 0 Å². The van der Waals surface area contributed by atoms with Crippen LogP contribution in [0.1, 0.15) is 40.0 Å². The van der Waals surface area contributed by atoms with Gasteiger partial charge >= 0.3 is 0 Å². The van der Waals surface area contributed by atoms with Gasteiger partial charge < -0.3 is 5.32 Å². The zero-order valence-electron chi connectivity index (χ0n) is 9.02. The third kappa shape index (κ3) is 1.63. The molecule has 1 N–H and O–H groups in total. The van der Waals surface area contributed by atoms with Crippen molar-refractivity contribution in [3.8, 4) is 0 Å². The molecule has 13 heavy (non-hydrogen) atoms. The van der Waals surface area contributed by atoms with Gasteiger partial charge in [0.2, 0.25) is 0 Å². The van der Waals surface area contributed by atoms with E-state index in [0.29, 0.717) is 10.3 Å². The molecule has 2 unspecified atom stereocenters. The minimum Gasteiger partial charge on any atom is -0.303 e. The predicted molar refractivity (Wildman–Crippen MR) is 60.0 cm³/mol. The van der Waals surface area contributed by atoms with Crippen molar-refractivity contribution >= 4 is 11.8 Å². The molecular formula is C11H21NS. The van der Waals surface area contributed by atoms with Crippen LogP contribution < -0.4 is 5.32 Å². The lowest BCUT2D eigenvalue weighted by molar-refractivity contribution is 0.349. The van der Waals surface area contributed by atoms with Crippen molar-refractivity contribution < 1.29 is 0 Å². The van der Waals surface area contributed by atoms with Crippen LogP contribution in [0.3, 0.4) is 0 Å². The Morgan fingerprint density at radius 2 is 2.15 bits per heavy atom. The van der Waals surface area contributed by atoms with Gasteiger partial charge in [-0.3, -0.25) is 0 Å². The Morgan fingerprint density at radius 3 is 2.54 bits per heavy atom. The molecule has 0 amide bonds. The van der Waals surface area contributed by atoms with Crippen molar-refractivity contribution in [3.05, 3.63) is 0 Å². The fraction of sp³-hybridized carbons (Fsp3) is 1.00. The average Bonchev–Trinajstić information content (AvgIpc) is 2.77. The molecule has 2 heteroatoms. The largest absolute Gasteiger partial charge is 0.303 e. The molecule has 0 bridgehead atoms. The normalized spacial score (nSPS) is 43.2. The number of nitrogens with one attached hydrogen (secondary N) is 1. The summed E-state index contributed by atoms with van der Waals surface area (Å²) in [4.78, 5) is 0.432. The Morgan fingerprint density at radius 1 is 1.46 bits per heavy atom. The van der Waals surface area contributed by atoms with E-state index in [9.17, 15) is 0 Å². The maximum atomic E-state index is 3.76. The average molecular weight is 199 g/mol. The van der Waals surface area contributed by atoms with Gasteiger partial charge in [-0.25, -0.2) is 0 Å². The van der Waals surface area contributed by atoms with Gasteiger partial charge in [-0.05, 0) is 42.9 Å². The van der Waals surface area contributed by atoms with E-state index in [1.165, 1.54) is 31.6 Å². The zero-order valence-corrected chi connectivity index (χ0v) is 9.84. The Kier molecular flexibility index (Phi) is 2.40. The second kappa shape index (κ2) is 3.16. The molecule has 0 aromatic rings. The molecule has 2 aliphatic rings. The Labute approximate surface area is 86.0 Å². The van der Waals surface area contributed by atoms with E-state index in [0.717, 1.165) is 5.92 Å². The fourth-order valence-corrected chi connectivity index (χ4v) is 4.30. The Bertz CT molecular complexity index is 194. The van der Waals surface area contributed by atoms with Crippen molar-refractivity contribution in [2.24, 2.45) is 11.3 Å². The molecule has 0 aromatic heterocycles. The first kappa shape index (κ1) is 9.85. The monoisotopic (exact) mass is 199 g/mol. The molecule has 1 heterocycles. The van der Waals surface area contributed by atoms with Gasteiger partial charge in [0.25, 0.3) is 0 Å². The smallest absolute Gasteiger partial charge is 0.0676 e. The summed E-state index contributed by atoms with van der Waals surface area (Å²) in [7, 11) is 0. The topological polar surface area (TPSA) is 12.0 Å². The van der Waals surface area contributed by atoms with Crippen molar-refractivity contribution in [1.29, 1.82) is 0 Å². The van der Waals surface area contributed by atoms with Crippen LogP contribution >= 0.6 is 11.8 Å². The van der Waals surface area contributed by atoms with Crippen molar-refractivity contribution in [3.63, 3.8) is 0 Å². The first-order valence-corrected chi connectivity index (χ1v) is 6.48. The zero-order chi connectivity index (χ0) is 9.53. The van der Waals surface area contributed by atoms with Crippen LogP contribution in [0.4, 0.5) is 0 Å². The van der Waals surface area contributed by atoms with Crippen LogP contribution in [0.25, 0.3) is 0 Å². The van der Waals surface area contributed by atoms with E-state index < -0.39 is 0 Å². The summed E-state index contributed by atoms with van der Waals surface area (Å²) in [5.41, 5.74) is 0.605. The van der Waals surface area contributed by atoms with Crippen molar-refractivity contribution in [1.82, 2.24) is 5.32 Å². The summed E-state index contributed by atoms with van der Waals surface area (Å²) in [5, 5.41) is 3.76. The highest BCUT2D eigenvalue weighted by Crippen LogP contribution is 2.61. The molecule has 1 aliphatic carbocycles. The van der Waals surface area contributed by atoms with Crippen molar-refractivity contribution in [2.45, 2.75) is 44.9 Å². The molecule has 2 rings (SSSR count). The molecule has 0 radical (unpaired) electrons. The van der Waals surface area contributed by atoms with Gasteiger partial charge in [0, 0.05) is 0 Å². The van der Waals surface area contributed by atoms with Gasteiger partial charge in [0.1, 0.15) is 0 Å². The Hall–Kier alpha value is 0.310. The minimum absolute atomic E-state index is 0.432. The van der Waals surface area contributed by atoms with E-state index in [4.69, 9.17) is 0 Å². The van der Waals surface area contributed by atoms with Gasteiger partial charge in [-0.15, -0.1) is 11.8 Å². The minimum atomic E-state index is 0.432. The second-order valence-corrected chi connectivity index (χ2v) is 6.54. The SMILES string of the molecule is CCC1(C2CC2(C)C)NCCCS1. The molecular weight excluding hydrogens is 178 g/mol. The summed E-state index contributed by atoms with van der Waals surface area (Å²) >= 11 is 2.17. The van der Waals surface area contributed by atoms with E-state index in [-0.39, 0.29) is 0 Å². The summed E-state index contributed by atoms with van der Waals surface area (Å²) in [6.07, 6.45) is 4.05. The highest BCUT2D eigenvalue weighted by Gasteiger charge is 2.57. The third-order valence-corrected chi connectivity index (χ3v) is 5.43. The lowest BCUT2D eigenvalue weighted by Gasteiger charge is -2.38. The highest BCUT2D eigenvalue weighted by molar-refractivity contribution is 8.00. The lowest BCUT2D eigenvalue weighted by Crippen LogP contribution is -2.48. The quantitative estimate of drug-likeness (QED) is 0.734. The molecule has 76 valence electrons. The standard InChI is InChI=1S/C11H21NS/c1-4-11(9-8-10(9,2)3)12-6-5-7-13-11/h9,12H,4-8H2,1-3H3. The summed E-state index contributed by atoms with van der Waals surface area (Å²) in [6, 6.07) is 0. The maximum Gasteiger partial charge on any atom is 0.0676 e. The van der Waals surface area contributed by atoms with Crippen LogP contribution in [0.2, 0.25) is 0 Å². The predicted octanol–water partition coefficient (Wildman–Crippen LogP) is 2.87. The van der Waals surface area contributed by atoms with Crippen LogP contribution in [-0.2, 0) is 0 Å². The molecule has 1 saturated carbocycles. The highest BCUT2D eigenvalue weighted by atomic mass is 32.2. The van der Waals surface area contributed by atoms with Gasteiger partial charge in [0.05, 0.1) is 4.87 Å². The van der Waals surface area contributed by atoms with Gasteiger partial charge in [-0.2, -0.15) is 0 Å².